The van der Waals surface area contributed by atoms with Gasteiger partial charge in [0, 0.05) is 23.1 Å². The van der Waals surface area contributed by atoms with E-state index in [0.717, 1.165) is 34.0 Å². The average Bonchev–Trinajstić information content (AvgIpc) is 2.47. The maximum Gasteiger partial charge on any atom is 0.161 e. The zero-order valence-corrected chi connectivity index (χ0v) is 14.5. The van der Waals surface area contributed by atoms with E-state index in [4.69, 9.17) is 21.7 Å². The Bertz CT molecular complexity index is 499. The number of piperidine rings is 1. The number of benzene rings is 1. The number of nitrogens with zero attached hydrogens (tertiary/aromatic N) is 1. The summed E-state index contributed by atoms with van der Waals surface area (Å²) >= 11 is 9.23. The van der Waals surface area contributed by atoms with Crippen LogP contribution in [-0.2, 0) is 0 Å². The highest BCUT2D eigenvalue weighted by Crippen LogP contribution is 2.34. The van der Waals surface area contributed by atoms with E-state index in [0.29, 0.717) is 11.5 Å². The van der Waals surface area contributed by atoms with Gasteiger partial charge in [-0.1, -0.05) is 19.1 Å². The number of likely N-dealkylation sites (tertiary alicyclic amines) is 1. The van der Waals surface area contributed by atoms with Crippen molar-refractivity contribution in [2.24, 2.45) is 5.92 Å². The first-order valence-electron chi connectivity index (χ1n) is 6.77. The SMILES string of the molecule is COc1cc(Br)c(C(=S)N2CCC(C)CC2)cc1OC. The van der Waals surface area contributed by atoms with Crippen molar-refractivity contribution in [3.8, 4) is 11.5 Å². The summed E-state index contributed by atoms with van der Waals surface area (Å²) in [6, 6.07) is 3.86. The minimum absolute atomic E-state index is 0.707. The summed E-state index contributed by atoms with van der Waals surface area (Å²) in [5.74, 6) is 2.21. The molecular weight excluding hydrogens is 338 g/mol. The number of hydrogen-bond acceptors (Lipinski definition) is 3. The van der Waals surface area contributed by atoms with Gasteiger partial charge in [-0.05, 0) is 46.8 Å². The Kier molecular flexibility index (Phi) is 5.27. The van der Waals surface area contributed by atoms with Crippen LogP contribution in [0.4, 0.5) is 0 Å². The van der Waals surface area contributed by atoms with Gasteiger partial charge in [-0.2, -0.15) is 0 Å². The predicted molar refractivity (Wildman–Crippen MR) is 88.9 cm³/mol. The van der Waals surface area contributed by atoms with E-state index in [1.807, 2.05) is 12.1 Å². The third-order valence-corrected chi connectivity index (χ3v) is 4.91. The van der Waals surface area contributed by atoms with Crippen molar-refractivity contribution in [1.29, 1.82) is 0 Å². The van der Waals surface area contributed by atoms with Gasteiger partial charge in [0.05, 0.1) is 14.2 Å². The van der Waals surface area contributed by atoms with Gasteiger partial charge in [-0.25, -0.2) is 0 Å². The van der Waals surface area contributed by atoms with E-state index in [1.54, 1.807) is 14.2 Å². The molecular formula is C15H20BrNO2S. The van der Waals surface area contributed by atoms with E-state index >= 15 is 0 Å². The highest BCUT2D eigenvalue weighted by atomic mass is 79.9. The van der Waals surface area contributed by atoms with Crippen molar-refractivity contribution in [2.45, 2.75) is 19.8 Å². The van der Waals surface area contributed by atoms with Gasteiger partial charge >= 0.3 is 0 Å². The van der Waals surface area contributed by atoms with Gasteiger partial charge in [0.15, 0.2) is 11.5 Å². The molecule has 0 bridgehead atoms. The molecule has 1 aromatic rings. The quantitative estimate of drug-likeness (QED) is 0.765. The molecule has 0 saturated carbocycles. The Labute approximate surface area is 134 Å². The molecule has 110 valence electrons. The molecule has 1 saturated heterocycles. The molecule has 1 fully saturated rings. The van der Waals surface area contributed by atoms with Crippen molar-refractivity contribution in [3.63, 3.8) is 0 Å². The summed E-state index contributed by atoms with van der Waals surface area (Å²) in [6.45, 7) is 4.36. The lowest BCUT2D eigenvalue weighted by Gasteiger charge is -2.32. The Balaban J connectivity index is 2.25. The van der Waals surface area contributed by atoms with Crippen LogP contribution in [0.3, 0.4) is 0 Å². The Morgan fingerprint density at radius 3 is 2.30 bits per heavy atom. The molecule has 3 nitrogen and oxygen atoms in total. The van der Waals surface area contributed by atoms with Crippen molar-refractivity contribution in [2.75, 3.05) is 27.3 Å². The number of thiocarbonyl (C=S) groups is 1. The second-order valence-electron chi connectivity index (χ2n) is 5.16. The average molecular weight is 358 g/mol. The predicted octanol–water partition coefficient (Wildman–Crippen LogP) is 3.87. The third-order valence-electron chi connectivity index (χ3n) is 3.77. The molecule has 1 aliphatic heterocycles. The van der Waals surface area contributed by atoms with Gasteiger partial charge in [0.2, 0.25) is 0 Å². The highest BCUT2D eigenvalue weighted by Gasteiger charge is 2.21. The van der Waals surface area contributed by atoms with E-state index in [2.05, 4.69) is 27.8 Å². The van der Waals surface area contributed by atoms with Gasteiger partial charge in [0.25, 0.3) is 0 Å². The first-order chi connectivity index (χ1) is 9.56. The zero-order valence-electron chi connectivity index (χ0n) is 12.1. The topological polar surface area (TPSA) is 21.7 Å². The van der Waals surface area contributed by atoms with Gasteiger partial charge in [-0.15, -0.1) is 0 Å². The fourth-order valence-electron chi connectivity index (χ4n) is 2.40. The van der Waals surface area contributed by atoms with E-state index in [9.17, 15) is 0 Å². The minimum atomic E-state index is 0.707. The molecule has 5 heteroatoms. The van der Waals surface area contributed by atoms with Crippen molar-refractivity contribution in [1.82, 2.24) is 4.90 Å². The van der Waals surface area contributed by atoms with Crippen molar-refractivity contribution < 1.29 is 9.47 Å². The summed E-state index contributed by atoms with van der Waals surface area (Å²) in [5, 5.41) is 0. The van der Waals surface area contributed by atoms with Crippen molar-refractivity contribution in [3.05, 3.63) is 22.2 Å². The third kappa shape index (κ3) is 3.26. The summed E-state index contributed by atoms with van der Waals surface area (Å²) in [6.07, 6.45) is 2.40. The number of rotatable bonds is 3. The van der Waals surface area contributed by atoms with Crippen LogP contribution >= 0.6 is 28.1 Å². The fourth-order valence-corrected chi connectivity index (χ4v) is 3.39. The van der Waals surface area contributed by atoms with E-state index in [-0.39, 0.29) is 0 Å². The molecule has 0 atom stereocenters. The van der Waals surface area contributed by atoms with Gasteiger partial charge in [-0.3, -0.25) is 0 Å². The number of halogens is 1. The van der Waals surface area contributed by atoms with Crippen LogP contribution in [0, 0.1) is 5.92 Å². The number of hydrogen-bond donors (Lipinski definition) is 0. The maximum absolute atomic E-state index is 5.65. The smallest absolute Gasteiger partial charge is 0.161 e. The number of ether oxygens (including phenoxy) is 2. The second kappa shape index (κ2) is 6.76. The zero-order chi connectivity index (χ0) is 14.7. The molecule has 0 aromatic heterocycles. The summed E-state index contributed by atoms with van der Waals surface area (Å²) in [4.78, 5) is 3.16. The monoisotopic (exact) mass is 357 g/mol. The first-order valence-corrected chi connectivity index (χ1v) is 7.97. The van der Waals surface area contributed by atoms with E-state index < -0.39 is 0 Å². The summed E-state index contributed by atoms with van der Waals surface area (Å²) in [5.41, 5.74) is 0.993. The van der Waals surface area contributed by atoms with Crippen LogP contribution in [0.2, 0.25) is 0 Å². The first kappa shape index (κ1) is 15.6. The van der Waals surface area contributed by atoms with Crippen LogP contribution in [0.5, 0.6) is 11.5 Å². The van der Waals surface area contributed by atoms with Crippen LogP contribution in [0.1, 0.15) is 25.3 Å². The molecule has 0 spiro atoms. The molecule has 1 heterocycles. The lowest BCUT2D eigenvalue weighted by molar-refractivity contribution is 0.284. The lowest BCUT2D eigenvalue weighted by Crippen LogP contribution is -2.37. The van der Waals surface area contributed by atoms with E-state index in [1.165, 1.54) is 12.8 Å². The molecule has 1 aromatic carbocycles. The molecule has 0 radical (unpaired) electrons. The van der Waals surface area contributed by atoms with Crippen LogP contribution in [0.25, 0.3) is 0 Å². The fraction of sp³-hybridized carbons (Fsp3) is 0.533. The van der Waals surface area contributed by atoms with Crippen LogP contribution in [0.15, 0.2) is 16.6 Å². The second-order valence-corrected chi connectivity index (χ2v) is 6.40. The minimum Gasteiger partial charge on any atom is -0.493 e. The molecule has 0 aliphatic carbocycles. The number of methoxy groups -OCH3 is 2. The molecule has 0 amide bonds. The normalized spacial score (nSPS) is 16.1. The molecule has 0 unspecified atom stereocenters. The molecule has 2 rings (SSSR count). The van der Waals surface area contributed by atoms with Gasteiger partial charge in [0.1, 0.15) is 4.99 Å². The molecule has 1 aliphatic rings. The van der Waals surface area contributed by atoms with Crippen LogP contribution in [-0.4, -0.2) is 37.2 Å². The Morgan fingerprint density at radius 2 is 1.75 bits per heavy atom. The molecule has 20 heavy (non-hydrogen) atoms. The van der Waals surface area contributed by atoms with Crippen molar-refractivity contribution >= 4 is 33.1 Å². The van der Waals surface area contributed by atoms with Crippen LogP contribution < -0.4 is 9.47 Å². The maximum atomic E-state index is 5.65. The lowest BCUT2D eigenvalue weighted by atomic mass is 9.99. The summed E-state index contributed by atoms with van der Waals surface area (Å²) in [7, 11) is 3.27. The molecule has 0 N–H and O–H groups in total. The van der Waals surface area contributed by atoms with Gasteiger partial charge < -0.3 is 14.4 Å². The standard InChI is InChI=1S/C15H20BrNO2S/c1-10-4-6-17(7-5-10)15(20)11-8-13(18-2)14(19-3)9-12(11)16/h8-10H,4-7H2,1-3H3. The Hall–Kier alpha value is -0.810. The highest BCUT2D eigenvalue weighted by molar-refractivity contribution is 9.10. The Morgan fingerprint density at radius 1 is 1.20 bits per heavy atom. The largest absolute Gasteiger partial charge is 0.493 e. The summed E-state index contributed by atoms with van der Waals surface area (Å²) < 4.78 is 11.6.